The molecule has 1 aliphatic heterocycles. The molecule has 3 aromatic rings. The Kier molecular flexibility index (Phi) is 4.82. The van der Waals surface area contributed by atoms with E-state index in [4.69, 9.17) is 4.98 Å². The van der Waals surface area contributed by atoms with E-state index in [0.717, 1.165) is 44.4 Å². The van der Waals surface area contributed by atoms with Crippen molar-refractivity contribution in [3.8, 4) is 0 Å². The van der Waals surface area contributed by atoms with Gasteiger partial charge in [-0.2, -0.15) is 4.98 Å². The summed E-state index contributed by atoms with van der Waals surface area (Å²) < 4.78 is 0. The van der Waals surface area contributed by atoms with E-state index in [9.17, 15) is 0 Å². The molecular weight excluding hydrogens is 320 g/mol. The molecule has 4 nitrogen and oxygen atoms in total. The van der Waals surface area contributed by atoms with E-state index >= 15 is 0 Å². The lowest BCUT2D eigenvalue weighted by atomic mass is 10.00. The summed E-state index contributed by atoms with van der Waals surface area (Å²) in [6.45, 7) is 5.76. The van der Waals surface area contributed by atoms with Crippen LogP contribution < -0.4 is 9.80 Å². The first-order valence-electron chi connectivity index (χ1n) is 9.27. The summed E-state index contributed by atoms with van der Waals surface area (Å²) in [5, 5.41) is 0. The van der Waals surface area contributed by atoms with Crippen molar-refractivity contribution in [2.24, 2.45) is 0 Å². The SMILES string of the molecule is CCN(Cc1ccccc1)c1nccc(N2CCc3ccccc3C2)n1. The van der Waals surface area contributed by atoms with E-state index in [0.29, 0.717) is 0 Å². The second-order valence-electron chi connectivity index (χ2n) is 6.65. The van der Waals surface area contributed by atoms with Gasteiger partial charge in [-0.1, -0.05) is 54.6 Å². The summed E-state index contributed by atoms with van der Waals surface area (Å²) in [5.41, 5.74) is 4.13. The van der Waals surface area contributed by atoms with Gasteiger partial charge in [0, 0.05) is 32.4 Å². The van der Waals surface area contributed by atoms with Gasteiger partial charge in [0.2, 0.25) is 5.95 Å². The van der Waals surface area contributed by atoms with E-state index in [1.807, 2.05) is 18.3 Å². The molecule has 1 aliphatic rings. The first-order chi connectivity index (χ1) is 12.8. The molecule has 0 bridgehead atoms. The van der Waals surface area contributed by atoms with Crippen LogP contribution in [0.1, 0.15) is 23.6 Å². The van der Waals surface area contributed by atoms with Gasteiger partial charge in [-0.25, -0.2) is 4.98 Å². The van der Waals surface area contributed by atoms with Gasteiger partial charge in [0.1, 0.15) is 5.82 Å². The average molecular weight is 344 g/mol. The summed E-state index contributed by atoms with van der Waals surface area (Å²) >= 11 is 0. The quantitative estimate of drug-likeness (QED) is 0.698. The molecule has 0 fully saturated rings. The van der Waals surface area contributed by atoms with E-state index in [2.05, 4.69) is 70.2 Å². The molecule has 0 saturated carbocycles. The zero-order chi connectivity index (χ0) is 17.8. The third-order valence-corrected chi connectivity index (χ3v) is 4.96. The maximum Gasteiger partial charge on any atom is 0.227 e. The zero-order valence-corrected chi connectivity index (χ0v) is 15.2. The highest BCUT2D eigenvalue weighted by molar-refractivity contribution is 5.47. The fourth-order valence-corrected chi connectivity index (χ4v) is 3.49. The predicted molar refractivity (Wildman–Crippen MR) is 106 cm³/mol. The minimum absolute atomic E-state index is 0.799. The van der Waals surface area contributed by atoms with Gasteiger partial charge in [-0.3, -0.25) is 0 Å². The van der Waals surface area contributed by atoms with Crippen LogP contribution in [0.5, 0.6) is 0 Å². The maximum absolute atomic E-state index is 4.88. The summed E-state index contributed by atoms with van der Waals surface area (Å²) in [6.07, 6.45) is 2.95. The largest absolute Gasteiger partial charge is 0.352 e. The summed E-state index contributed by atoms with van der Waals surface area (Å²) in [7, 11) is 0. The van der Waals surface area contributed by atoms with Crippen LogP contribution in [0.3, 0.4) is 0 Å². The lowest BCUT2D eigenvalue weighted by molar-refractivity contribution is 0.713. The average Bonchev–Trinajstić information content (AvgIpc) is 2.72. The normalized spacial score (nSPS) is 13.3. The number of hydrogen-bond donors (Lipinski definition) is 0. The Morgan fingerprint density at radius 3 is 2.54 bits per heavy atom. The molecule has 132 valence electrons. The Labute approximate surface area is 155 Å². The lowest BCUT2D eigenvalue weighted by Crippen LogP contribution is -2.32. The molecule has 2 aromatic carbocycles. The molecule has 0 aliphatic carbocycles. The summed E-state index contributed by atoms with van der Waals surface area (Å²) in [5.74, 6) is 1.81. The molecule has 0 radical (unpaired) electrons. The molecule has 4 heteroatoms. The van der Waals surface area contributed by atoms with Gasteiger partial charge in [0.25, 0.3) is 0 Å². The van der Waals surface area contributed by atoms with E-state index in [-0.39, 0.29) is 0 Å². The van der Waals surface area contributed by atoms with E-state index < -0.39 is 0 Å². The fourth-order valence-electron chi connectivity index (χ4n) is 3.49. The van der Waals surface area contributed by atoms with Gasteiger partial charge in [-0.15, -0.1) is 0 Å². The Morgan fingerprint density at radius 1 is 0.962 bits per heavy atom. The van der Waals surface area contributed by atoms with Crippen LogP contribution in [0.25, 0.3) is 0 Å². The minimum Gasteiger partial charge on any atom is -0.352 e. The van der Waals surface area contributed by atoms with Crippen LogP contribution >= 0.6 is 0 Å². The highest BCUT2D eigenvalue weighted by Crippen LogP contribution is 2.24. The monoisotopic (exact) mass is 344 g/mol. The molecule has 0 saturated heterocycles. The number of nitrogens with zero attached hydrogens (tertiary/aromatic N) is 4. The van der Waals surface area contributed by atoms with Crippen LogP contribution in [0.15, 0.2) is 66.9 Å². The highest BCUT2D eigenvalue weighted by Gasteiger charge is 2.18. The number of anilines is 2. The fraction of sp³-hybridized carbons (Fsp3) is 0.273. The molecule has 0 spiro atoms. The first kappa shape index (κ1) is 16.6. The third-order valence-electron chi connectivity index (χ3n) is 4.96. The Bertz CT molecular complexity index is 846. The van der Waals surface area contributed by atoms with Crippen LogP contribution in [0, 0.1) is 0 Å². The van der Waals surface area contributed by atoms with Gasteiger partial charge in [0.05, 0.1) is 0 Å². The van der Waals surface area contributed by atoms with Crippen molar-refractivity contribution in [2.75, 3.05) is 22.9 Å². The first-order valence-corrected chi connectivity index (χ1v) is 9.27. The Morgan fingerprint density at radius 2 is 1.73 bits per heavy atom. The van der Waals surface area contributed by atoms with Gasteiger partial charge >= 0.3 is 0 Å². The second-order valence-corrected chi connectivity index (χ2v) is 6.65. The van der Waals surface area contributed by atoms with Crippen molar-refractivity contribution in [3.05, 3.63) is 83.6 Å². The number of aromatic nitrogens is 2. The topological polar surface area (TPSA) is 32.3 Å². The van der Waals surface area contributed by atoms with Crippen molar-refractivity contribution in [2.45, 2.75) is 26.4 Å². The van der Waals surface area contributed by atoms with Crippen molar-refractivity contribution in [1.82, 2.24) is 9.97 Å². The second kappa shape index (κ2) is 7.56. The number of hydrogen-bond acceptors (Lipinski definition) is 4. The Hall–Kier alpha value is -2.88. The molecule has 4 rings (SSSR count). The molecule has 2 heterocycles. The van der Waals surface area contributed by atoms with Gasteiger partial charge < -0.3 is 9.80 Å². The van der Waals surface area contributed by atoms with E-state index in [1.54, 1.807) is 0 Å². The molecule has 0 amide bonds. The molecular formula is C22H24N4. The molecule has 1 aromatic heterocycles. The van der Waals surface area contributed by atoms with Crippen molar-refractivity contribution >= 4 is 11.8 Å². The van der Waals surface area contributed by atoms with Crippen molar-refractivity contribution in [1.29, 1.82) is 0 Å². The maximum atomic E-state index is 4.88. The minimum atomic E-state index is 0.799. The lowest BCUT2D eigenvalue weighted by Gasteiger charge is -2.30. The van der Waals surface area contributed by atoms with Crippen LogP contribution in [-0.4, -0.2) is 23.1 Å². The van der Waals surface area contributed by atoms with Crippen LogP contribution in [0.2, 0.25) is 0 Å². The number of fused-ring (bicyclic) bond motifs is 1. The molecule has 26 heavy (non-hydrogen) atoms. The molecule has 0 atom stereocenters. The van der Waals surface area contributed by atoms with Crippen molar-refractivity contribution in [3.63, 3.8) is 0 Å². The molecule has 0 N–H and O–H groups in total. The highest BCUT2D eigenvalue weighted by atomic mass is 15.3. The smallest absolute Gasteiger partial charge is 0.227 e. The molecule has 0 unspecified atom stereocenters. The van der Waals surface area contributed by atoms with E-state index in [1.165, 1.54) is 16.7 Å². The standard InChI is InChI=1S/C22H24N4/c1-2-25(16-18-8-4-3-5-9-18)22-23-14-12-21(24-22)26-15-13-19-10-6-7-11-20(19)17-26/h3-12,14H,2,13,15-17H2,1H3. The zero-order valence-electron chi connectivity index (χ0n) is 15.2. The third kappa shape index (κ3) is 3.54. The van der Waals surface area contributed by atoms with Gasteiger partial charge in [0.15, 0.2) is 0 Å². The van der Waals surface area contributed by atoms with Crippen molar-refractivity contribution < 1.29 is 0 Å². The Balaban J connectivity index is 1.54. The van der Waals surface area contributed by atoms with Gasteiger partial charge in [-0.05, 0) is 36.1 Å². The predicted octanol–water partition coefficient (Wildman–Crippen LogP) is 4.07. The number of benzene rings is 2. The van der Waals surface area contributed by atoms with Crippen LogP contribution in [0.4, 0.5) is 11.8 Å². The summed E-state index contributed by atoms with van der Waals surface area (Å²) in [6, 6.07) is 21.2. The van der Waals surface area contributed by atoms with Crippen LogP contribution in [-0.2, 0) is 19.5 Å². The summed E-state index contributed by atoms with van der Waals surface area (Å²) in [4.78, 5) is 14.0. The number of rotatable bonds is 5.